The van der Waals surface area contributed by atoms with Crippen LogP contribution in [-0.4, -0.2) is 35.4 Å². The van der Waals surface area contributed by atoms with Gasteiger partial charge in [0.25, 0.3) is 0 Å². The fraction of sp³-hybridized carbons (Fsp3) is 0.269. The molecule has 1 aliphatic rings. The van der Waals surface area contributed by atoms with Gasteiger partial charge in [-0.1, -0.05) is 30.3 Å². The van der Waals surface area contributed by atoms with Gasteiger partial charge in [-0.3, -0.25) is 0 Å². The van der Waals surface area contributed by atoms with Crippen LogP contribution < -0.4 is 15.8 Å². The first kappa shape index (κ1) is 21.1. The quantitative estimate of drug-likeness (QED) is 0.393. The van der Waals surface area contributed by atoms with Crippen LogP contribution in [0, 0.1) is 0 Å². The third-order valence-electron chi connectivity index (χ3n) is 5.49. The maximum absolute atomic E-state index is 9.37. The van der Waals surface area contributed by atoms with Gasteiger partial charge in [0, 0.05) is 36.1 Å². The number of hydrogen-bond acceptors (Lipinski definition) is 5. The van der Waals surface area contributed by atoms with E-state index >= 15 is 0 Å². The Morgan fingerprint density at radius 3 is 2.58 bits per heavy atom. The molecule has 0 saturated carbocycles. The lowest BCUT2D eigenvalue weighted by molar-refractivity contribution is 0.261. The van der Waals surface area contributed by atoms with Crippen molar-refractivity contribution in [2.24, 2.45) is 5.73 Å². The largest absolute Gasteiger partial charge is 0.476 e. The van der Waals surface area contributed by atoms with E-state index in [0.717, 1.165) is 16.8 Å². The summed E-state index contributed by atoms with van der Waals surface area (Å²) in [6, 6.07) is 18.8. The van der Waals surface area contributed by atoms with Gasteiger partial charge in [0.15, 0.2) is 0 Å². The fourth-order valence-corrected chi connectivity index (χ4v) is 4.01. The number of aliphatic hydroxyl groups is 1. The molecule has 0 fully saturated rings. The average molecular weight is 416 g/mol. The smallest absolute Gasteiger partial charge is 0.220 e. The van der Waals surface area contributed by atoms with Gasteiger partial charge >= 0.3 is 0 Å². The van der Waals surface area contributed by atoms with E-state index < -0.39 is 0 Å². The zero-order valence-electron chi connectivity index (χ0n) is 18.1. The molecule has 3 aromatic rings. The first-order valence-corrected chi connectivity index (χ1v) is 10.7. The van der Waals surface area contributed by atoms with Gasteiger partial charge in [0.1, 0.15) is 6.61 Å². The average Bonchev–Trinajstić information content (AvgIpc) is 3.06. The highest BCUT2D eigenvalue weighted by Crippen LogP contribution is 2.46. The van der Waals surface area contributed by atoms with E-state index in [1.165, 1.54) is 22.3 Å². The molecule has 1 heterocycles. The number of nitrogens with one attached hydrogen (secondary N) is 1. The molecule has 4 rings (SSSR count). The minimum Gasteiger partial charge on any atom is -0.476 e. The standard InChI is InChI=1S/C26H29N3O2/c1-26(2,11-14-30)29-19-9-10-22-20-7-3-4-8-21(20)23(24(22)17-19)16-18-6-5-13-28-25(18)31-15-12-27/h3-10,13,16-17,29-30H,11-12,14-15,27H2,1-2H3. The molecule has 31 heavy (non-hydrogen) atoms. The fourth-order valence-electron chi connectivity index (χ4n) is 4.01. The van der Waals surface area contributed by atoms with Gasteiger partial charge in [-0.15, -0.1) is 0 Å². The number of hydrogen-bond donors (Lipinski definition) is 3. The predicted molar refractivity (Wildman–Crippen MR) is 127 cm³/mol. The third-order valence-corrected chi connectivity index (χ3v) is 5.49. The first-order chi connectivity index (χ1) is 15.0. The Balaban J connectivity index is 1.80. The highest BCUT2D eigenvalue weighted by molar-refractivity contribution is 6.07. The van der Waals surface area contributed by atoms with Crippen molar-refractivity contribution in [2.75, 3.05) is 25.1 Å². The number of anilines is 1. The monoisotopic (exact) mass is 415 g/mol. The molecule has 0 spiro atoms. The summed E-state index contributed by atoms with van der Waals surface area (Å²) in [7, 11) is 0. The summed E-state index contributed by atoms with van der Waals surface area (Å²) in [6.45, 7) is 5.21. The normalized spacial score (nSPS) is 13.7. The van der Waals surface area contributed by atoms with Gasteiger partial charge in [-0.25, -0.2) is 4.98 Å². The number of rotatable bonds is 8. The third kappa shape index (κ3) is 4.48. The predicted octanol–water partition coefficient (Wildman–Crippen LogP) is 4.56. The van der Waals surface area contributed by atoms with Crippen molar-refractivity contribution in [2.45, 2.75) is 25.8 Å². The number of aliphatic hydroxyl groups excluding tert-OH is 1. The molecular weight excluding hydrogens is 386 g/mol. The lowest BCUT2D eigenvalue weighted by Gasteiger charge is -2.27. The summed E-state index contributed by atoms with van der Waals surface area (Å²) in [4.78, 5) is 4.40. The molecule has 0 aliphatic heterocycles. The number of ether oxygens (including phenoxy) is 1. The number of benzene rings is 2. The second kappa shape index (κ2) is 8.92. The molecule has 2 aromatic carbocycles. The van der Waals surface area contributed by atoms with E-state index in [2.05, 4.69) is 72.7 Å². The van der Waals surface area contributed by atoms with Crippen molar-refractivity contribution in [3.63, 3.8) is 0 Å². The van der Waals surface area contributed by atoms with Gasteiger partial charge in [-0.05, 0) is 78.4 Å². The van der Waals surface area contributed by atoms with Crippen LogP contribution in [0.25, 0.3) is 22.8 Å². The number of fused-ring (bicyclic) bond motifs is 3. The summed E-state index contributed by atoms with van der Waals surface area (Å²) in [5.74, 6) is 0.588. The highest BCUT2D eigenvalue weighted by Gasteiger charge is 2.25. The second-order valence-electron chi connectivity index (χ2n) is 8.38. The van der Waals surface area contributed by atoms with Gasteiger partial charge < -0.3 is 20.9 Å². The molecule has 4 N–H and O–H groups in total. The summed E-state index contributed by atoms with van der Waals surface area (Å²) < 4.78 is 5.77. The summed E-state index contributed by atoms with van der Waals surface area (Å²) in [5, 5.41) is 12.9. The van der Waals surface area contributed by atoms with Crippen LogP contribution in [0.15, 0.2) is 60.8 Å². The Morgan fingerprint density at radius 2 is 1.81 bits per heavy atom. The van der Waals surface area contributed by atoms with E-state index in [9.17, 15) is 5.11 Å². The minimum absolute atomic E-state index is 0.147. The van der Waals surface area contributed by atoms with E-state index in [1.807, 2.05) is 12.1 Å². The Morgan fingerprint density at radius 1 is 1.03 bits per heavy atom. The number of nitrogens with two attached hydrogens (primary N) is 1. The molecule has 160 valence electrons. The van der Waals surface area contributed by atoms with Crippen molar-refractivity contribution >= 4 is 17.3 Å². The van der Waals surface area contributed by atoms with Crippen LogP contribution in [0.4, 0.5) is 5.69 Å². The van der Waals surface area contributed by atoms with Gasteiger partial charge in [0.2, 0.25) is 5.88 Å². The summed E-state index contributed by atoms with van der Waals surface area (Å²) in [5.41, 5.74) is 13.3. The van der Waals surface area contributed by atoms with Crippen molar-refractivity contribution < 1.29 is 9.84 Å². The van der Waals surface area contributed by atoms with Crippen LogP contribution in [0.5, 0.6) is 5.88 Å². The van der Waals surface area contributed by atoms with E-state index in [4.69, 9.17) is 10.5 Å². The summed E-state index contributed by atoms with van der Waals surface area (Å²) in [6.07, 6.45) is 4.55. The Kier molecular flexibility index (Phi) is 6.07. The van der Waals surface area contributed by atoms with Crippen LogP contribution in [0.3, 0.4) is 0 Å². The zero-order valence-corrected chi connectivity index (χ0v) is 18.1. The molecule has 5 nitrogen and oxygen atoms in total. The Labute approximate surface area is 183 Å². The minimum atomic E-state index is -0.203. The lowest BCUT2D eigenvalue weighted by Crippen LogP contribution is -2.31. The van der Waals surface area contributed by atoms with Crippen molar-refractivity contribution in [1.82, 2.24) is 4.98 Å². The number of nitrogens with zero attached hydrogens (tertiary/aromatic N) is 1. The van der Waals surface area contributed by atoms with Crippen molar-refractivity contribution in [3.05, 3.63) is 77.5 Å². The molecule has 0 bridgehead atoms. The van der Waals surface area contributed by atoms with E-state index in [0.29, 0.717) is 25.5 Å². The molecule has 1 aromatic heterocycles. The van der Waals surface area contributed by atoms with Crippen LogP contribution >= 0.6 is 0 Å². The maximum atomic E-state index is 9.37. The van der Waals surface area contributed by atoms with E-state index in [-0.39, 0.29) is 12.1 Å². The molecule has 0 unspecified atom stereocenters. The Bertz CT molecular complexity index is 1110. The SMILES string of the molecule is CC(C)(CCO)Nc1ccc2c(c1)C(=Cc1cccnc1OCCN)c1ccccc1-2. The van der Waals surface area contributed by atoms with Crippen molar-refractivity contribution in [1.29, 1.82) is 0 Å². The van der Waals surface area contributed by atoms with E-state index in [1.54, 1.807) is 6.20 Å². The molecule has 5 heteroatoms. The highest BCUT2D eigenvalue weighted by atomic mass is 16.5. The number of aromatic nitrogens is 1. The zero-order chi connectivity index (χ0) is 21.8. The summed E-state index contributed by atoms with van der Waals surface area (Å²) >= 11 is 0. The van der Waals surface area contributed by atoms with Gasteiger partial charge in [-0.2, -0.15) is 0 Å². The molecule has 0 amide bonds. The molecular formula is C26H29N3O2. The molecule has 0 atom stereocenters. The van der Waals surface area contributed by atoms with Gasteiger partial charge in [0.05, 0.1) is 0 Å². The topological polar surface area (TPSA) is 80.4 Å². The Hall–Kier alpha value is -3.15. The molecule has 1 aliphatic carbocycles. The van der Waals surface area contributed by atoms with Crippen molar-refractivity contribution in [3.8, 4) is 17.0 Å². The molecule has 0 radical (unpaired) electrons. The van der Waals surface area contributed by atoms with Crippen LogP contribution in [0.2, 0.25) is 0 Å². The first-order valence-electron chi connectivity index (χ1n) is 10.7. The van der Waals surface area contributed by atoms with Crippen LogP contribution in [0.1, 0.15) is 37.0 Å². The number of pyridine rings is 1. The maximum Gasteiger partial charge on any atom is 0.220 e. The molecule has 0 saturated heterocycles. The second-order valence-corrected chi connectivity index (χ2v) is 8.38. The van der Waals surface area contributed by atoms with Crippen LogP contribution in [-0.2, 0) is 0 Å². The lowest BCUT2D eigenvalue weighted by atomic mass is 9.98.